The first-order valence-corrected chi connectivity index (χ1v) is 3.81. The molecule has 0 saturated carbocycles. The SMILES string of the molecule is CCCCCC1(C(=O)O)OO1. The van der Waals surface area contributed by atoms with Crippen LogP contribution in [0.1, 0.15) is 32.6 Å². The van der Waals surface area contributed by atoms with Crippen molar-refractivity contribution < 1.29 is 19.7 Å². The topological polar surface area (TPSA) is 62.4 Å². The van der Waals surface area contributed by atoms with Crippen molar-refractivity contribution in [3.63, 3.8) is 0 Å². The fourth-order valence-electron chi connectivity index (χ4n) is 0.920. The summed E-state index contributed by atoms with van der Waals surface area (Å²) in [5, 5.41) is 8.55. The summed E-state index contributed by atoms with van der Waals surface area (Å²) < 4.78 is 0. The Labute approximate surface area is 65.0 Å². The predicted molar refractivity (Wildman–Crippen MR) is 36.7 cm³/mol. The van der Waals surface area contributed by atoms with Crippen LogP contribution in [0.5, 0.6) is 0 Å². The van der Waals surface area contributed by atoms with E-state index < -0.39 is 11.8 Å². The molecule has 0 aromatic heterocycles. The number of unbranched alkanes of at least 4 members (excludes halogenated alkanes) is 2. The average Bonchev–Trinajstić information content (AvgIpc) is 2.70. The van der Waals surface area contributed by atoms with Gasteiger partial charge in [0.2, 0.25) is 0 Å². The Kier molecular flexibility index (Phi) is 2.46. The summed E-state index contributed by atoms with van der Waals surface area (Å²) >= 11 is 0. The number of carboxylic acid groups (broad SMARTS) is 1. The van der Waals surface area contributed by atoms with Gasteiger partial charge >= 0.3 is 11.8 Å². The molecule has 1 rings (SSSR count). The van der Waals surface area contributed by atoms with Crippen LogP contribution in [-0.2, 0) is 14.6 Å². The van der Waals surface area contributed by atoms with Gasteiger partial charge in [0.15, 0.2) is 0 Å². The highest BCUT2D eigenvalue weighted by molar-refractivity contribution is 5.76. The summed E-state index contributed by atoms with van der Waals surface area (Å²) in [6, 6.07) is 0. The summed E-state index contributed by atoms with van der Waals surface area (Å²) in [6.45, 7) is 2.06. The smallest absolute Gasteiger partial charge is 0.370 e. The molecule has 1 N–H and O–H groups in total. The Morgan fingerprint density at radius 1 is 1.45 bits per heavy atom. The fraction of sp³-hybridized carbons (Fsp3) is 0.857. The minimum Gasteiger partial charge on any atom is -0.477 e. The van der Waals surface area contributed by atoms with Crippen LogP contribution < -0.4 is 0 Å². The molecule has 0 spiro atoms. The first-order chi connectivity index (χ1) is 5.21. The number of hydrogen-bond acceptors (Lipinski definition) is 3. The van der Waals surface area contributed by atoms with Crippen LogP contribution >= 0.6 is 0 Å². The van der Waals surface area contributed by atoms with Gasteiger partial charge in [-0.3, -0.25) is 0 Å². The summed E-state index contributed by atoms with van der Waals surface area (Å²) in [5.41, 5.74) is 0. The van der Waals surface area contributed by atoms with Crippen molar-refractivity contribution in [2.45, 2.75) is 38.4 Å². The van der Waals surface area contributed by atoms with Crippen LogP contribution in [0.15, 0.2) is 0 Å². The highest BCUT2D eigenvalue weighted by atomic mass is 17.4. The second-order valence-electron chi connectivity index (χ2n) is 2.68. The van der Waals surface area contributed by atoms with Crippen molar-refractivity contribution in [3.05, 3.63) is 0 Å². The van der Waals surface area contributed by atoms with Crippen molar-refractivity contribution in [1.82, 2.24) is 0 Å². The van der Waals surface area contributed by atoms with Gasteiger partial charge < -0.3 is 5.11 Å². The lowest BCUT2D eigenvalue weighted by Gasteiger charge is -1.99. The molecule has 1 aliphatic heterocycles. The monoisotopic (exact) mass is 160 g/mol. The van der Waals surface area contributed by atoms with E-state index in [1.807, 2.05) is 0 Å². The maximum Gasteiger partial charge on any atom is 0.370 e. The van der Waals surface area contributed by atoms with Gasteiger partial charge in [0.25, 0.3) is 0 Å². The summed E-state index contributed by atoms with van der Waals surface area (Å²) in [7, 11) is 0. The van der Waals surface area contributed by atoms with E-state index in [9.17, 15) is 4.79 Å². The Balaban J connectivity index is 2.20. The standard InChI is InChI=1S/C7H12O4/c1-2-3-4-5-7(6(8)9)10-11-7/h2-5H2,1H3,(H,8,9). The Morgan fingerprint density at radius 3 is 2.45 bits per heavy atom. The van der Waals surface area contributed by atoms with Gasteiger partial charge in [-0.1, -0.05) is 19.8 Å². The number of carbonyl (C=O) groups is 1. The molecule has 4 nitrogen and oxygen atoms in total. The molecule has 0 unspecified atom stereocenters. The van der Waals surface area contributed by atoms with E-state index in [4.69, 9.17) is 5.11 Å². The highest BCUT2D eigenvalue weighted by Gasteiger charge is 2.56. The molecule has 64 valence electrons. The van der Waals surface area contributed by atoms with Crippen LogP contribution in [0, 0.1) is 0 Å². The van der Waals surface area contributed by atoms with E-state index >= 15 is 0 Å². The van der Waals surface area contributed by atoms with Crippen molar-refractivity contribution in [1.29, 1.82) is 0 Å². The molecule has 0 amide bonds. The lowest BCUT2D eigenvalue weighted by Crippen LogP contribution is -2.23. The summed E-state index contributed by atoms with van der Waals surface area (Å²) in [5.74, 6) is -2.30. The number of rotatable bonds is 5. The van der Waals surface area contributed by atoms with Crippen LogP contribution in [0.3, 0.4) is 0 Å². The molecule has 0 aliphatic carbocycles. The molecule has 0 aromatic carbocycles. The van der Waals surface area contributed by atoms with E-state index in [1.54, 1.807) is 0 Å². The minimum absolute atomic E-state index is 0.455. The molecule has 1 heterocycles. The molecule has 4 heteroatoms. The van der Waals surface area contributed by atoms with Crippen molar-refractivity contribution in [3.8, 4) is 0 Å². The fourth-order valence-corrected chi connectivity index (χ4v) is 0.920. The van der Waals surface area contributed by atoms with Gasteiger partial charge in [-0.05, 0) is 6.42 Å². The van der Waals surface area contributed by atoms with Crippen LogP contribution in [0.25, 0.3) is 0 Å². The predicted octanol–water partition coefficient (Wildman–Crippen LogP) is 1.31. The van der Waals surface area contributed by atoms with Gasteiger partial charge in [0, 0.05) is 6.42 Å². The van der Waals surface area contributed by atoms with Crippen LogP contribution in [-0.4, -0.2) is 16.9 Å². The normalized spacial score (nSPS) is 19.7. The Bertz CT molecular complexity index is 151. The number of hydrogen-bond donors (Lipinski definition) is 1. The Morgan fingerprint density at radius 2 is 2.09 bits per heavy atom. The zero-order valence-corrected chi connectivity index (χ0v) is 6.50. The molecule has 1 aliphatic rings. The average molecular weight is 160 g/mol. The van der Waals surface area contributed by atoms with E-state index in [2.05, 4.69) is 16.7 Å². The van der Waals surface area contributed by atoms with Crippen LogP contribution in [0.4, 0.5) is 0 Å². The summed E-state index contributed by atoms with van der Waals surface area (Å²) in [6.07, 6.45) is 3.37. The lowest BCUT2D eigenvalue weighted by atomic mass is 10.1. The third-order valence-corrected chi connectivity index (χ3v) is 1.72. The van der Waals surface area contributed by atoms with Gasteiger partial charge in [-0.15, -0.1) is 0 Å². The molecule has 11 heavy (non-hydrogen) atoms. The first kappa shape index (κ1) is 8.49. The zero-order chi connectivity index (χ0) is 8.32. The maximum absolute atomic E-state index is 10.4. The minimum atomic E-state index is -1.28. The van der Waals surface area contributed by atoms with Crippen LogP contribution in [0.2, 0.25) is 0 Å². The first-order valence-electron chi connectivity index (χ1n) is 3.81. The second-order valence-corrected chi connectivity index (χ2v) is 2.68. The second kappa shape index (κ2) is 3.19. The highest BCUT2D eigenvalue weighted by Crippen LogP contribution is 2.35. The van der Waals surface area contributed by atoms with Crippen molar-refractivity contribution >= 4 is 5.97 Å². The molecule has 0 atom stereocenters. The Hall–Kier alpha value is -0.610. The molecule has 0 radical (unpaired) electrons. The number of aliphatic carboxylic acids is 1. The van der Waals surface area contributed by atoms with E-state index in [0.29, 0.717) is 6.42 Å². The van der Waals surface area contributed by atoms with E-state index in [-0.39, 0.29) is 0 Å². The largest absolute Gasteiger partial charge is 0.477 e. The van der Waals surface area contributed by atoms with E-state index in [1.165, 1.54) is 0 Å². The summed E-state index contributed by atoms with van der Waals surface area (Å²) in [4.78, 5) is 19.2. The van der Waals surface area contributed by atoms with E-state index in [0.717, 1.165) is 19.3 Å². The number of carboxylic acids is 1. The van der Waals surface area contributed by atoms with Gasteiger partial charge in [0.05, 0.1) is 0 Å². The molecule has 0 bridgehead atoms. The maximum atomic E-state index is 10.4. The lowest BCUT2D eigenvalue weighted by molar-refractivity contribution is -0.144. The van der Waals surface area contributed by atoms with Crippen molar-refractivity contribution in [2.75, 3.05) is 0 Å². The molecular formula is C7H12O4. The van der Waals surface area contributed by atoms with Crippen molar-refractivity contribution in [2.24, 2.45) is 0 Å². The van der Waals surface area contributed by atoms with Gasteiger partial charge in [-0.25, -0.2) is 4.79 Å². The van der Waals surface area contributed by atoms with Gasteiger partial charge in [-0.2, -0.15) is 9.78 Å². The molecule has 0 aromatic rings. The molecular weight excluding hydrogens is 148 g/mol. The third-order valence-electron chi connectivity index (χ3n) is 1.72. The zero-order valence-electron chi connectivity index (χ0n) is 6.50. The third kappa shape index (κ3) is 1.91. The quantitative estimate of drug-likeness (QED) is 0.374. The molecule has 1 saturated heterocycles. The van der Waals surface area contributed by atoms with Gasteiger partial charge in [0.1, 0.15) is 0 Å². The molecule has 1 fully saturated rings.